The van der Waals surface area contributed by atoms with E-state index in [9.17, 15) is 9.59 Å². The number of nitrogens with zero attached hydrogens (tertiary/aromatic N) is 2. The Balaban J connectivity index is 0.00000196. The Hall–Kier alpha value is -2.16. The van der Waals surface area contributed by atoms with E-state index < -0.39 is 28.8 Å². The number of nitrogens with one attached hydrogen (secondary N) is 3. The van der Waals surface area contributed by atoms with Crippen LogP contribution in [-0.4, -0.2) is 21.0 Å². The largest absolute Gasteiger partial charge is 0.493 e. The van der Waals surface area contributed by atoms with Gasteiger partial charge in [-0.1, -0.05) is 0 Å². The van der Waals surface area contributed by atoms with Crippen LogP contribution in [0.2, 0.25) is 0 Å². The summed E-state index contributed by atoms with van der Waals surface area (Å²) in [5.41, 5.74) is 2.53. The molecular formula is C5H7ClN6O3. The molecule has 0 fully saturated rings. The van der Waals surface area contributed by atoms with Crippen molar-refractivity contribution >= 4 is 24.1 Å². The van der Waals surface area contributed by atoms with Gasteiger partial charge in [-0.15, -0.1) is 22.6 Å². The first-order valence-corrected chi connectivity index (χ1v) is 3.32. The number of guanidine groups is 1. The fraction of sp³-hybridized carbons (Fsp3) is 0. The third kappa shape index (κ3) is 3.23. The van der Waals surface area contributed by atoms with Gasteiger partial charge in [0.1, 0.15) is 0 Å². The van der Waals surface area contributed by atoms with Gasteiger partial charge < -0.3 is 10.8 Å². The van der Waals surface area contributed by atoms with Crippen molar-refractivity contribution in [3.63, 3.8) is 0 Å². The molecule has 0 bridgehead atoms. The van der Waals surface area contributed by atoms with Gasteiger partial charge in [0.05, 0.1) is 0 Å². The summed E-state index contributed by atoms with van der Waals surface area (Å²) in [5.74, 6) is -1.36. The van der Waals surface area contributed by atoms with E-state index in [1.807, 2.05) is 9.97 Å². The molecule has 0 aromatic carbocycles. The zero-order chi connectivity index (χ0) is 10.7. The van der Waals surface area contributed by atoms with Crippen LogP contribution in [0.25, 0.3) is 0 Å². The third-order valence-corrected chi connectivity index (χ3v) is 1.16. The molecule has 0 saturated heterocycles. The normalized spacial score (nSPS) is 9.87. The van der Waals surface area contributed by atoms with Crippen molar-refractivity contribution in [3.05, 3.63) is 20.8 Å². The molecule has 0 saturated carbocycles. The van der Waals surface area contributed by atoms with Gasteiger partial charge in [-0.3, -0.25) is 20.2 Å². The first-order valence-electron chi connectivity index (χ1n) is 3.32. The molecule has 0 aliphatic rings. The number of aromatic nitrogens is 2. The minimum absolute atomic E-state index is 0. The third-order valence-electron chi connectivity index (χ3n) is 1.16. The lowest BCUT2D eigenvalue weighted by Gasteiger charge is -1.93. The number of aromatic amines is 2. The molecule has 0 unspecified atom stereocenters. The number of H-pyrrole nitrogens is 2. The zero-order valence-electron chi connectivity index (χ0n) is 7.14. The van der Waals surface area contributed by atoms with Gasteiger partial charge >= 0.3 is 5.69 Å². The number of halogens is 1. The Morgan fingerprint density at radius 1 is 1.40 bits per heavy atom. The maximum atomic E-state index is 11.0. The van der Waals surface area contributed by atoms with Crippen LogP contribution in [-0.2, 0) is 0 Å². The Labute approximate surface area is 88.0 Å². The molecule has 0 aliphatic carbocycles. The smallest absolute Gasteiger partial charge is 0.328 e. The van der Waals surface area contributed by atoms with E-state index in [2.05, 4.69) is 10.2 Å². The van der Waals surface area contributed by atoms with Crippen LogP contribution in [0.4, 0.5) is 5.69 Å². The summed E-state index contributed by atoms with van der Waals surface area (Å²) >= 11 is 0. The van der Waals surface area contributed by atoms with Crippen molar-refractivity contribution in [1.29, 1.82) is 5.41 Å². The molecule has 15 heavy (non-hydrogen) atoms. The number of nitrogens with two attached hydrogens (primary N) is 1. The summed E-state index contributed by atoms with van der Waals surface area (Å²) in [4.78, 5) is 25.3. The summed E-state index contributed by atoms with van der Waals surface area (Å²) in [6.07, 6.45) is 0. The fourth-order valence-electron chi connectivity index (χ4n) is 0.664. The molecule has 6 N–H and O–H groups in total. The molecule has 1 heterocycles. The van der Waals surface area contributed by atoms with E-state index in [0.717, 1.165) is 0 Å². The molecule has 0 amide bonds. The molecular weight excluding hydrogens is 228 g/mol. The second-order valence-electron chi connectivity index (χ2n) is 2.19. The number of hydrogen-bond donors (Lipinski definition) is 5. The first kappa shape index (κ1) is 12.8. The van der Waals surface area contributed by atoms with Gasteiger partial charge in [0.25, 0.3) is 5.56 Å². The summed E-state index contributed by atoms with van der Waals surface area (Å²) < 4.78 is 0. The molecule has 0 radical (unpaired) electrons. The molecule has 1 rings (SSSR count). The van der Waals surface area contributed by atoms with Crippen LogP contribution in [0.15, 0.2) is 19.8 Å². The average molecular weight is 235 g/mol. The second-order valence-corrected chi connectivity index (χ2v) is 2.19. The minimum atomic E-state index is -0.920. The maximum Gasteiger partial charge on any atom is 0.328 e. The average Bonchev–Trinajstić information content (AvgIpc) is 2.01. The van der Waals surface area contributed by atoms with E-state index in [1.165, 1.54) is 0 Å². The van der Waals surface area contributed by atoms with E-state index >= 15 is 0 Å². The van der Waals surface area contributed by atoms with Gasteiger partial charge in [-0.25, -0.2) is 4.79 Å². The monoisotopic (exact) mass is 234 g/mol. The lowest BCUT2D eigenvalue weighted by Crippen LogP contribution is -2.21. The topological polar surface area (TPSA) is 161 Å². The van der Waals surface area contributed by atoms with Crippen molar-refractivity contribution in [2.45, 2.75) is 0 Å². The Bertz CT molecular complexity index is 502. The van der Waals surface area contributed by atoms with Crippen molar-refractivity contribution in [2.75, 3.05) is 0 Å². The summed E-state index contributed by atoms with van der Waals surface area (Å²) in [5, 5.41) is 21.9. The quantitative estimate of drug-likeness (QED) is 0.244. The zero-order valence-corrected chi connectivity index (χ0v) is 7.96. The number of hydrogen-bond acceptors (Lipinski definition) is 5. The standard InChI is InChI=1S/C5H6N6O3.ClH/c6-4(7)11-10-1-2(12)8-5(14)9-3(1)13;/h(H3,6,7)(H3,8,9,12,13,14);1H. The highest BCUT2D eigenvalue weighted by atomic mass is 35.5. The van der Waals surface area contributed by atoms with E-state index in [-0.39, 0.29) is 12.4 Å². The molecule has 0 spiro atoms. The summed E-state index contributed by atoms with van der Waals surface area (Å²) in [7, 11) is 0. The van der Waals surface area contributed by atoms with Crippen LogP contribution >= 0.6 is 12.4 Å². The van der Waals surface area contributed by atoms with Crippen molar-refractivity contribution in [2.24, 2.45) is 16.0 Å². The number of aromatic hydroxyl groups is 1. The summed E-state index contributed by atoms with van der Waals surface area (Å²) in [6.45, 7) is 0. The molecule has 9 nitrogen and oxygen atoms in total. The highest BCUT2D eigenvalue weighted by Crippen LogP contribution is 2.15. The Morgan fingerprint density at radius 2 is 2.00 bits per heavy atom. The van der Waals surface area contributed by atoms with Crippen molar-refractivity contribution < 1.29 is 5.11 Å². The van der Waals surface area contributed by atoms with Crippen LogP contribution < -0.4 is 17.0 Å². The lowest BCUT2D eigenvalue weighted by molar-refractivity contribution is 0.450. The van der Waals surface area contributed by atoms with Crippen LogP contribution in [0.5, 0.6) is 5.88 Å². The highest BCUT2D eigenvalue weighted by molar-refractivity contribution is 5.85. The molecule has 82 valence electrons. The molecule has 0 aliphatic heterocycles. The van der Waals surface area contributed by atoms with E-state index in [1.54, 1.807) is 0 Å². The SMILES string of the molecule is Cl.N=C(N)N=Nc1c(O)[nH]c(=O)[nH]c1=O. The minimum Gasteiger partial charge on any atom is -0.493 e. The Kier molecular flexibility index (Phi) is 4.20. The van der Waals surface area contributed by atoms with E-state index in [4.69, 9.17) is 16.2 Å². The van der Waals surface area contributed by atoms with Gasteiger partial charge in [-0.05, 0) is 0 Å². The van der Waals surface area contributed by atoms with Gasteiger partial charge in [-0.2, -0.15) is 0 Å². The number of azo groups is 1. The molecule has 10 heteroatoms. The highest BCUT2D eigenvalue weighted by Gasteiger charge is 2.06. The van der Waals surface area contributed by atoms with Gasteiger partial charge in [0, 0.05) is 0 Å². The first-order chi connectivity index (χ1) is 6.50. The lowest BCUT2D eigenvalue weighted by atomic mass is 10.5. The second kappa shape index (κ2) is 4.91. The van der Waals surface area contributed by atoms with Crippen molar-refractivity contribution in [3.8, 4) is 5.88 Å². The number of rotatable bonds is 1. The molecule has 1 aromatic heterocycles. The Morgan fingerprint density at radius 3 is 2.47 bits per heavy atom. The van der Waals surface area contributed by atoms with Crippen LogP contribution in [0.3, 0.4) is 0 Å². The van der Waals surface area contributed by atoms with E-state index in [0.29, 0.717) is 0 Å². The molecule has 1 aromatic rings. The fourth-order valence-corrected chi connectivity index (χ4v) is 0.664. The van der Waals surface area contributed by atoms with Gasteiger partial charge in [0.15, 0.2) is 0 Å². The maximum absolute atomic E-state index is 11.0. The molecule has 0 atom stereocenters. The van der Waals surface area contributed by atoms with Crippen LogP contribution in [0, 0.1) is 5.41 Å². The van der Waals surface area contributed by atoms with Crippen molar-refractivity contribution in [1.82, 2.24) is 9.97 Å². The summed E-state index contributed by atoms with van der Waals surface area (Å²) in [6, 6.07) is 0. The van der Waals surface area contributed by atoms with Crippen LogP contribution in [0.1, 0.15) is 0 Å². The predicted molar refractivity (Wildman–Crippen MR) is 53.0 cm³/mol. The predicted octanol–water partition coefficient (Wildman–Crippen LogP) is -0.832. The van der Waals surface area contributed by atoms with Gasteiger partial charge in [0.2, 0.25) is 17.5 Å².